The van der Waals surface area contributed by atoms with E-state index in [0.717, 1.165) is 23.0 Å². The van der Waals surface area contributed by atoms with Crippen molar-refractivity contribution in [2.45, 2.75) is 39.7 Å². The monoisotopic (exact) mass is 438 g/mol. The fraction of sp³-hybridized carbons (Fsp3) is 0.375. The van der Waals surface area contributed by atoms with Crippen LogP contribution < -0.4 is 10.2 Å². The predicted octanol–water partition coefficient (Wildman–Crippen LogP) is 4.12. The van der Waals surface area contributed by atoms with Gasteiger partial charge in [0.15, 0.2) is 0 Å². The number of benzene rings is 1. The second kappa shape index (κ2) is 9.79. The number of aryl methyl sites for hydroxylation is 1. The second-order valence-electron chi connectivity index (χ2n) is 7.94. The van der Waals surface area contributed by atoms with Gasteiger partial charge in [-0.1, -0.05) is 0 Å². The molecule has 0 aliphatic carbocycles. The molecule has 2 aromatic rings. The standard InChI is InChI=1S/C24H27FN4O3/c1-15-10-18(17(3)29(15)16(2)14-32-4)11-19(13-26)24(31)27-20-7-8-22(21(25)12-20)28-9-5-6-23(28)30/h7-8,10-12,16H,5-6,9,14H2,1-4H3,(H,27,31)/b19-11-. The molecule has 1 saturated heterocycles. The third kappa shape index (κ3) is 4.73. The van der Waals surface area contributed by atoms with Crippen molar-refractivity contribution in [1.29, 1.82) is 5.26 Å². The van der Waals surface area contributed by atoms with Crippen LogP contribution in [0.4, 0.5) is 15.8 Å². The predicted molar refractivity (Wildman–Crippen MR) is 121 cm³/mol. The number of nitrogens with one attached hydrogen (secondary N) is 1. The van der Waals surface area contributed by atoms with Crippen molar-refractivity contribution in [3.8, 4) is 6.07 Å². The molecule has 1 atom stereocenters. The summed E-state index contributed by atoms with van der Waals surface area (Å²) in [7, 11) is 1.64. The van der Waals surface area contributed by atoms with Crippen molar-refractivity contribution in [2.24, 2.45) is 0 Å². The quantitative estimate of drug-likeness (QED) is 0.520. The zero-order valence-electron chi connectivity index (χ0n) is 18.7. The Hall–Kier alpha value is -3.44. The third-order valence-electron chi connectivity index (χ3n) is 5.61. The molecule has 1 aromatic carbocycles. The van der Waals surface area contributed by atoms with Crippen LogP contribution in [0.5, 0.6) is 0 Å². The Balaban J connectivity index is 1.80. The average molecular weight is 439 g/mol. The van der Waals surface area contributed by atoms with Crippen molar-refractivity contribution >= 4 is 29.3 Å². The van der Waals surface area contributed by atoms with Crippen LogP contribution in [0.15, 0.2) is 29.8 Å². The Labute approximate surface area is 187 Å². The van der Waals surface area contributed by atoms with Crippen LogP contribution in [0.3, 0.4) is 0 Å². The zero-order chi connectivity index (χ0) is 23.4. The number of nitrogens with zero attached hydrogens (tertiary/aromatic N) is 3. The summed E-state index contributed by atoms with van der Waals surface area (Å²) in [6, 6.07) is 8.09. The summed E-state index contributed by atoms with van der Waals surface area (Å²) in [4.78, 5) is 25.9. The number of carbonyl (C=O) groups excluding carboxylic acids is 2. The second-order valence-corrected chi connectivity index (χ2v) is 7.94. The molecule has 1 aromatic heterocycles. The Kier molecular flexibility index (Phi) is 7.11. The molecule has 1 fully saturated rings. The minimum absolute atomic E-state index is 0.0937. The third-order valence-corrected chi connectivity index (χ3v) is 5.61. The summed E-state index contributed by atoms with van der Waals surface area (Å²) in [5.41, 5.74) is 2.97. The van der Waals surface area contributed by atoms with Gasteiger partial charge in [-0.3, -0.25) is 9.59 Å². The van der Waals surface area contributed by atoms with Crippen LogP contribution in [0, 0.1) is 31.0 Å². The van der Waals surface area contributed by atoms with Gasteiger partial charge < -0.3 is 19.5 Å². The maximum absolute atomic E-state index is 14.6. The Morgan fingerprint density at radius 3 is 2.72 bits per heavy atom. The molecule has 3 rings (SSSR count). The smallest absolute Gasteiger partial charge is 0.266 e. The van der Waals surface area contributed by atoms with Gasteiger partial charge in [0.25, 0.3) is 5.91 Å². The first kappa shape index (κ1) is 23.2. The molecule has 7 nitrogen and oxygen atoms in total. The van der Waals surface area contributed by atoms with E-state index in [1.807, 2.05) is 32.9 Å². The van der Waals surface area contributed by atoms with Crippen molar-refractivity contribution < 1.29 is 18.7 Å². The Morgan fingerprint density at radius 2 is 2.12 bits per heavy atom. The molecular formula is C24H27FN4O3. The molecule has 0 saturated carbocycles. The van der Waals surface area contributed by atoms with Gasteiger partial charge in [-0.15, -0.1) is 0 Å². The number of hydrogen-bond donors (Lipinski definition) is 1. The van der Waals surface area contributed by atoms with Gasteiger partial charge in [-0.05, 0) is 63.1 Å². The van der Waals surface area contributed by atoms with E-state index in [-0.39, 0.29) is 28.9 Å². The molecule has 8 heteroatoms. The van der Waals surface area contributed by atoms with Crippen LogP contribution >= 0.6 is 0 Å². The van der Waals surface area contributed by atoms with E-state index < -0.39 is 11.7 Å². The lowest BCUT2D eigenvalue weighted by Crippen LogP contribution is -2.24. The minimum atomic E-state index is -0.633. The maximum atomic E-state index is 14.6. The van der Waals surface area contributed by atoms with Crippen LogP contribution in [0.1, 0.15) is 42.8 Å². The lowest BCUT2D eigenvalue weighted by atomic mass is 10.1. The van der Waals surface area contributed by atoms with Crippen molar-refractivity contribution in [2.75, 3.05) is 30.5 Å². The van der Waals surface area contributed by atoms with Crippen LogP contribution in [-0.2, 0) is 14.3 Å². The number of anilines is 2. The zero-order valence-corrected chi connectivity index (χ0v) is 18.7. The van der Waals surface area contributed by atoms with Crippen molar-refractivity contribution in [3.05, 3.63) is 52.6 Å². The van der Waals surface area contributed by atoms with E-state index in [1.54, 1.807) is 7.11 Å². The highest BCUT2D eigenvalue weighted by Gasteiger charge is 2.24. The fourth-order valence-electron chi connectivity index (χ4n) is 4.15. The maximum Gasteiger partial charge on any atom is 0.266 e. The van der Waals surface area contributed by atoms with E-state index >= 15 is 0 Å². The van der Waals surface area contributed by atoms with Gasteiger partial charge in [0.05, 0.1) is 18.3 Å². The number of nitriles is 1. The molecule has 168 valence electrons. The Bertz CT molecular complexity index is 1110. The average Bonchev–Trinajstić information content (AvgIpc) is 3.28. The molecule has 2 heterocycles. The molecule has 2 amide bonds. The topological polar surface area (TPSA) is 87.4 Å². The van der Waals surface area contributed by atoms with Gasteiger partial charge >= 0.3 is 0 Å². The highest BCUT2D eigenvalue weighted by Crippen LogP contribution is 2.27. The number of amides is 2. The van der Waals surface area contributed by atoms with E-state index in [1.165, 1.54) is 23.1 Å². The highest BCUT2D eigenvalue weighted by molar-refractivity contribution is 6.10. The molecule has 32 heavy (non-hydrogen) atoms. The largest absolute Gasteiger partial charge is 0.383 e. The SMILES string of the molecule is COCC(C)n1c(C)cc(/C=C(/C#N)C(=O)Nc2ccc(N3CCCC3=O)c(F)c2)c1C. The summed E-state index contributed by atoms with van der Waals surface area (Å²) in [6.07, 6.45) is 2.62. The molecule has 1 aliphatic heterocycles. The molecule has 1 unspecified atom stereocenters. The van der Waals surface area contributed by atoms with Gasteiger partial charge in [0, 0.05) is 37.2 Å². The van der Waals surface area contributed by atoms with E-state index in [2.05, 4.69) is 9.88 Å². The summed E-state index contributed by atoms with van der Waals surface area (Å²) >= 11 is 0. The number of carbonyl (C=O) groups is 2. The molecule has 1 N–H and O–H groups in total. The first-order chi connectivity index (χ1) is 15.3. The minimum Gasteiger partial charge on any atom is -0.383 e. The molecule has 1 aliphatic rings. The fourth-order valence-corrected chi connectivity index (χ4v) is 4.15. The van der Waals surface area contributed by atoms with E-state index in [4.69, 9.17) is 4.74 Å². The Morgan fingerprint density at radius 1 is 1.38 bits per heavy atom. The van der Waals surface area contributed by atoms with Gasteiger partial charge in [0.1, 0.15) is 17.5 Å². The molecule has 0 bridgehead atoms. The van der Waals surface area contributed by atoms with Crippen LogP contribution in [-0.4, -0.2) is 36.6 Å². The van der Waals surface area contributed by atoms with Gasteiger partial charge in [0.2, 0.25) is 5.91 Å². The van der Waals surface area contributed by atoms with Crippen LogP contribution in [0.2, 0.25) is 0 Å². The first-order valence-corrected chi connectivity index (χ1v) is 10.5. The number of rotatable bonds is 7. The summed E-state index contributed by atoms with van der Waals surface area (Å²) in [5, 5.41) is 12.1. The van der Waals surface area contributed by atoms with Crippen LogP contribution in [0.25, 0.3) is 6.08 Å². The summed E-state index contributed by atoms with van der Waals surface area (Å²) in [5.74, 6) is -1.35. The van der Waals surface area contributed by atoms with Crippen molar-refractivity contribution in [1.82, 2.24) is 4.57 Å². The number of hydrogen-bond acceptors (Lipinski definition) is 4. The molecule has 0 spiro atoms. The lowest BCUT2D eigenvalue weighted by molar-refractivity contribution is -0.117. The highest BCUT2D eigenvalue weighted by atomic mass is 19.1. The first-order valence-electron chi connectivity index (χ1n) is 10.5. The van der Waals surface area contributed by atoms with Crippen molar-refractivity contribution in [3.63, 3.8) is 0 Å². The van der Waals surface area contributed by atoms with E-state index in [9.17, 15) is 19.2 Å². The number of methoxy groups -OCH3 is 1. The van der Waals surface area contributed by atoms with Gasteiger partial charge in [-0.25, -0.2) is 4.39 Å². The normalized spacial score (nSPS) is 15.1. The summed E-state index contributed by atoms with van der Waals surface area (Å²) < 4.78 is 21.9. The number of ether oxygens (including phenoxy) is 1. The van der Waals surface area contributed by atoms with E-state index in [0.29, 0.717) is 26.0 Å². The molecular weight excluding hydrogens is 411 g/mol. The number of halogens is 1. The summed E-state index contributed by atoms with van der Waals surface area (Å²) in [6.45, 7) is 6.92. The van der Waals surface area contributed by atoms with Gasteiger partial charge in [-0.2, -0.15) is 5.26 Å². The number of aromatic nitrogens is 1. The lowest BCUT2D eigenvalue weighted by Gasteiger charge is -2.17. The molecule has 0 radical (unpaired) electrons.